The van der Waals surface area contributed by atoms with Gasteiger partial charge in [-0.25, -0.2) is 4.79 Å². The first-order valence-corrected chi connectivity index (χ1v) is 16.0. The zero-order valence-electron chi connectivity index (χ0n) is 26.3. The average Bonchev–Trinajstić information content (AvgIpc) is 3.49. The summed E-state index contributed by atoms with van der Waals surface area (Å²) in [6, 6.07) is 33.5. The molecule has 0 aliphatic carbocycles. The maximum absolute atomic E-state index is 13.4. The van der Waals surface area contributed by atoms with Crippen molar-refractivity contribution in [1.29, 1.82) is 0 Å². The van der Waals surface area contributed by atoms with Gasteiger partial charge in [-0.3, -0.25) is 14.3 Å². The fourth-order valence-electron chi connectivity index (χ4n) is 6.09. The molecule has 1 fully saturated rings. The van der Waals surface area contributed by atoms with Gasteiger partial charge in [0.25, 0.3) is 5.56 Å². The number of halogens is 3. The third-order valence-electron chi connectivity index (χ3n) is 8.46. The van der Waals surface area contributed by atoms with E-state index in [9.17, 15) is 22.8 Å². The van der Waals surface area contributed by atoms with Gasteiger partial charge in [0, 0.05) is 23.9 Å². The molecule has 12 heteroatoms. The van der Waals surface area contributed by atoms with Crippen LogP contribution in [-0.4, -0.2) is 33.4 Å². The van der Waals surface area contributed by atoms with E-state index >= 15 is 0 Å². The molecule has 49 heavy (non-hydrogen) atoms. The Kier molecular flexibility index (Phi) is 9.81. The van der Waals surface area contributed by atoms with Gasteiger partial charge in [-0.1, -0.05) is 97.1 Å². The zero-order valence-corrected chi connectivity index (χ0v) is 27.1. The molecule has 0 spiro atoms. The van der Waals surface area contributed by atoms with Gasteiger partial charge in [-0.05, 0) is 54.0 Å². The van der Waals surface area contributed by atoms with Gasteiger partial charge in [0.05, 0.1) is 18.2 Å². The van der Waals surface area contributed by atoms with Crippen molar-refractivity contribution in [3.05, 3.63) is 170 Å². The SMILES string of the molecule is Cc1cn([C@H]2C[C@H](NC(=S)Nc3cccc(C(F)(F)F)c3)[C@@H](COC(c3ccccc3)(c3ccccc3)c3ccccc3)O2)c(=O)[nH]c1=O. The Bertz CT molecular complexity index is 1920. The molecule has 0 amide bonds. The van der Waals surface area contributed by atoms with E-state index in [1.54, 1.807) is 6.92 Å². The second-order valence-corrected chi connectivity index (χ2v) is 12.1. The number of thiocarbonyl (C=S) groups is 1. The summed E-state index contributed by atoms with van der Waals surface area (Å²) in [5.41, 5.74) is 0.0729. The van der Waals surface area contributed by atoms with Gasteiger partial charge in [0.2, 0.25) is 0 Å². The normalized spacial score (nSPS) is 17.8. The van der Waals surface area contributed by atoms with Crippen molar-refractivity contribution in [2.24, 2.45) is 0 Å². The summed E-state index contributed by atoms with van der Waals surface area (Å²) in [5, 5.41) is 6.08. The number of rotatable bonds is 9. The van der Waals surface area contributed by atoms with Crippen molar-refractivity contribution in [3.8, 4) is 0 Å². The van der Waals surface area contributed by atoms with Gasteiger partial charge in [0.15, 0.2) is 5.11 Å². The van der Waals surface area contributed by atoms with Crippen LogP contribution < -0.4 is 21.9 Å². The highest BCUT2D eigenvalue weighted by Crippen LogP contribution is 2.41. The molecule has 1 aromatic heterocycles. The second kappa shape index (κ2) is 14.2. The lowest BCUT2D eigenvalue weighted by Crippen LogP contribution is -2.46. The smallest absolute Gasteiger partial charge is 0.358 e. The summed E-state index contributed by atoms with van der Waals surface area (Å²) in [4.78, 5) is 27.3. The Balaban J connectivity index is 1.34. The van der Waals surface area contributed by atoms with E-state index in [1.807, 2.05) is 91.0 Å². The van der Waals surface area contributed by atoms with Crippen LogP contribution in [0, 0.1) is 6.92 Å². The number of H-pyrrole nitrogens is 1. The molecule has 0 radical (unpaired) electrons. The summed E-state index contributed by atoms with van der Waals surface area (Å²) >= 11 is 5.55. The number of nitrogens with zero attached hydrogens (tertiary/aromatic N) is 1. The molecule has 1 aliphatic heterocycles. The molecule has 5 aromatic rings. The lowest BCUT2D eigenvalue weighted by Gasteiger charge is -2.37. The highest BCUT2D eigenvalue weighted by molar-refractivity contribution is 7.80. The fourth-order valence-corrected chi connectivity index (χ4v) is 6.36. The van der Waals surface area contributed by atoms with Crippen LogP contribution in [0.2, 0.25) is 0 Å². The lowest BCUT2D eigenvalue weighted by atomic mass is 9.80. The van der Waals surface area contributed by atoms with E-state index in [1.165, 1.54) is 22.9 Å². The standard InChI is InChI=1S/C37H33F3N4O4S/c1-24-22-44(35(46)43-33(24)45)32-21-30(42-34(49)41-29-19-11-18-28(20-29)37(38,39)40)31(48-32)23-47-36(25-12-5-2-6-13-25,26-14-7-3-8-15-26)27-16-9-4-10-17-27/h2-20,22,30-32H,21,23H2,1H3,(H2,41,42,49)(H,43,45,46)/t30-,31+,32+/m0/s1. The predicted molar refractivity (Wildman–Crippen MR) is 184 cm³/mol. The van der Waals surface area contributed by atoms with Crippen molar-refractivity contribution >= 4 is 23.0 Å². The summed E-state index contributed by atoms with van der Waals surface area (Å²) in [6.07, 6.45) is -4.38. The molecule has 0 unspecified atom stereocenters. The number of anilines is 1. The maximum atomic E-state index is 13.4. The number of aromatic nitrogens is 2. The Hall–Kier alpha value is -5.04. The van der Waals surface area contributed by atoms with Crippen molar-refractivity contribution < 1.29 is 22.6 Å². The van der Waals surface area contributed by atoms with E-state index in [-0.39, 0.29) is 23.8 Å². The number of ether oxygens (including phenoxy) is 2. The fraction of sp³-hybridized carbons (Fsp3) is 0.216. The minimum Gasteiger partial charge on any atom is -0.358 e. The zero-order chi connectivity index (χ0) is 34.6. The van der Waals surface area contributed by atoms with Crippen LogP contribution in [0.15, 0.2) is 131 Å². The highest BCUT2D eigenvalue weighted by atomic mass is 32.1. The quantitative estimate of drug-likeness (QED) is 0.120. The largest absolute Gasteiger partial charge is 0.416 e. The first-order chi connectivity index (χ1) is 23.5. The molecule has 3 atom stereocenters. The van der Waals surface area contributed by atoms with E-state index in [4.69, 9.17) is 21.7 Å². The van der Waals surface area contributed by atoms with E-state index in [0.717, 1.165) is 28.8 Å². The van der Waals surface area contributed by atoms with E-state index in [0.29, 0.717) is 5.56 Å². The van der Waals surface area contributed by atoms with Crippen molar-refractivity contribution in [2.75, 3.05) is 11.9 Å². The maximum Gasteiger partial charge on any atom is 0.416 e. The number of aryl methyl sites for hydroxylation is 1. The Morgan fingerprint density at radius 3 is 1.98 bits per heavy atom. The van der Waals surface area contributed by atoms with Crippen LogP contribution in [0.1, 0.15) is 40.5 Å². The Labute approximate surface area is 285 Å². The molecule has 8 nitrogen and oxygen atoms in total. The van der Waals surface area contributed by atoms with Crippen LogP contribution >= 0.6 is 12.2 Å². The lowest BCUT2D eigenvalue weighted by molar-refractivity contribution is -0.137. The summed E-state index contributed by atoms with van der Waals surface area (Å²) in [5.74, 6) is 0. The van der Waals surface area contributed by atoms with Crippen molar-refractivity contribution in [3.63, 3.8) is 0 Å². The molecule has 6 rings (SSSR count). The van der Waals surface area contributed by atoms with Gasteiger partial charge in [0.1, 0.15) is 17.9 Å². The van der Waals surface area contributed by atoms with Gasteiger partial charge < -0.3 is 20.1 Å². The number of benzene rings is 4. The van der Waals surface area contributed by atoms with Crippen LogP contribution in [0.25, 0.3) is 0 Å². The molecule has 1 saturated heterocycles. The Morgan fingerprint density at radius 2 is 1.43 bits per heavy atom. The monoisotopic (exact) mass is 686 g/mol. The average molecular weight is 687 g/mol. The minimum absolute atomic E-state index is 0.0100. The van der Waals surface area contributed by atoms with Crippen LogP contribution in [0.5, 0.6) is 0 Å². The molecule has 0 saturated carbocycles. The number of alkyl halides is 3. The Morgan fingerprint density at radius 1 is 0.878 bits per heavy atom. The third-order valence-corrected chi connectivity index (χ3v) is 8.68. The number of aromatic amines is 1. The summed E-state index contributed by atoms with van der Waals surface area (Å²) in [7, 11) is 0. The molecule has 3 N–H and O–H groups in total. The molecule has 1 aliphatic rings. The van der Waals surface area contributed by atoms with E-state index < -0.39 is 47.0 Å². The first kappa shape index (κ1) is 33.8. The van der Waals surface area contributed by atoms with Gasteiger partial charge in [-0.2, -0.15) is 13.2 Å². The van der Waals surface area contributed by atoms with Gasteiger partial charge >= 0.3 is 11.9 Å². The highest BCUT2D eigenvalue weighted by Gasteiger charge is 2.43. The van der Waals surface area contributed by atoms with E-state index in [2.05, 4.69) is 15.6 Å². The van der Waals surface area contributed by atoms with Crippen molar-refractivity contribution in [2.45, 2.75) is 43.5 Å². The predicted octanol–water partition coefficient (Wildman–Crippen LogP) is 6.52. The summed E-state index contributed by atoms with van der Waals surface area (Å²) < 4.78 is 54.9. The molecule has 0 bridgehead atoms. The second-order valence-electron chi connectivity index (χ2n) is 11.7. The molecular weight excluding hydrogens is 653 g/mol. The van der Waals surface area contributed by atoms with Crippen LogP contribution in [-0.2, 0) is 21.3 Å². The third kappa shape index (κ3) is 7.36. The first-order valence-electron chi connectivity index (χ1n) is 15.6. The molecule has 2 heterocycles. The van der Waals surface area contributed by atoms with Crippen molar-refractivity contribution in [1.82, 2.24) is 14.9 Å². The minimum atomic E-state index is -4.52. The number of nitrogens with one attached hydrogen (secondary N) is 3. The van der Waals surface area contributed by atoms with Crippen LogP contribution in [0.4, 0.5) is 18.9 Å². The van der Waals surface area contributed by atoms with Crippen LogP contribution in [0.3, 0.4) is 0 Å². The summed E-state index contributed by atoms with van der Waals surface area (Å²) in [6.45, 7) is 1.60. The van der Waals surface area contributed by atoms with Gasteiger partial charge in [-0.15, -0.1) is 0 Å². The number of hydrogen-bond acceptors (Lipinski definition) is 5. The molecule has 4 aromatic carbocycles. The number of hydrogen-bond donors (Lipinski definition) is 3. The molecular formula is C37H33F3N4O4S. The molecule has 252 valence electrons. The topological polar surface area (TPSA) is 97.4 Å².